The van der Waals surface area contributed by atoms with Crippen molar-refractivity contribution in [3.8, 4) is 5.75 Å². The maximum Gasteiger partial charge on any atom is 0.199 e. The molecular weight excluding hydrogens is 262 g/mol. The molecule has 4 heteroatoms. The summed E-state index contributed by atoms with van der Waals surface area (Å²) in [6, 6.07) is 13.3. The standard InChI is InChI=1S/C15H12ClNO2/c1-18-12-6-7-14-13(9-12)17-15(19-14)8-10-2-4-11(16)5-3-10/h2-7,9H,8H2,1H3. The van der Waals surface area contributed by atoms with E-state index in [4.69, 9.17) is 20.8 Å². The van der Waals surface area contributed by atoms with E-state index < -0.39 is 0 Å². The van der Waals surface area contributed by atoms with Gasteiger partial charge in [-0.1, -0.05) is 23.7 Å². The number of hydrogen-bond donors (Lipinski definition) is 0. The van der Waals surface area contributed by atoms with Crippen LogP contribution in [-0.2, 0) is 6.42 Å². The Kier molecular flexibility index (Phi) is 3.13. The minimum Gasteiger partial charge on any atom is -0.497 e. The molecule has 0 bridgehead atoms. The average Bonchev–Trinajstić information content (AvgIpc) is 2.82. The number of ether oxygens (including phenoxy) is 1. The molecule has 0 spiro atoms. The van der Waals surface area contributed by atoms with Gasteiger partial charge < -0.3 is 9.15 Å². The van der Waals surface area contributed by atoms with Crippen molar-refractivity contribution in [1.29, 1.82) is 0 Å². The van der Waals surface area contributed by atoms with E-state index in [1.807, 2.05) is 42.5 Å². The molecule has 2 aromatic carbocycles. The molecule has 0 radical (unpaired) electrons. The lowest BCUT2D eigenvalue weighted by atomic mass is 10.1. The van der Waals surface area contributed by atoms with Gasteiger partial charge in [-0.25, -0.2) is 4.98 Å². The van der Waals surface area contributed by atoms with Crippen molar-refractivity contribution in [1.82, 2.24) is 4.98 Å². The van der Waals surface area contributed by atoms with Crippen LogP contribution in [0.1, 0.15) is 11.5 Å². The molecule has 19 heavy (non-hydrogen) atoms. The molecule has 0 aliphatic rings. The van der Waals surface area contributed by atoms with Crippen LogP contribution in [0, 0.1) is 0 Å². The highest BCUT2D eigenvalue weighted by Crippen LogP contribution is 2.22. The highest BCUT2D eigenvalue weighted by molar-refractivity contribution is 6.30. The number of halogens is 1. The van der Waals surface area contributed by atoms with Crippen LogP contribution < -0.4 is 4.74 Å². The second-order valence-corrected chi connectivity index (χ2v) is 4.68. The minimum atomic E-state index is 0.647. The van der Waals surface area contributed by atoms with Crippen LogP contribution in [0.5, 0.6) is 5.75 Å². The molecule has 0 atom stereocenters. The predicted molar refractivity (Wildman–Crippen MR) is 74.8 cm³/mol. The van der Waals surface area contributed by atoms with E-state index in [2.05, 4.69) is 4.98 Å². The summed E-state index contributed by atoms with van der Waals surface area (Å²) in [6.45, 7) is 0. The Morgan fingerprint density at radius 3 is 2.68 bits per heavy atom. The fourth-order valence-electron chi connectivity index (χ4n) is 1.93. The van der Waals surface area contributed by atoms with Gasteiger partial charge in [-0.2, -0.15) is 0 Å². The fraction of sp³-hybridized carbons (Fsp3) is 0.133. The molecule has 0 amide bonds. The van der Waals surface area contributed by atoms with Gasteiger partial charge in [-0.15, -0.1) is 0 Å². The molecule has 0 N–H and O–H groups in total. The topological polar surface area (TPSA) is 35.3 Å². The van der Waals surface area contributed by atoms with E-state index in [0.717, 1.165) is 27.4 Å². The van der Waals surface area contributed by atoms with E-state index in [-0.39, 0.29) is 0 Å². The molecule has 0 fully saturated rings. The predicted octanol–water partition coefficient (Wildman–Crippen LogP) is 4.08. The number of methoxy groups -OCH3 is 1. The molecule has 3 aromatic rings. The van der Waals surface area contributed by atoms with Crippen LogP contribution in [-0.4, -0.2) is 12.1 Å². The summed E-state index contributed by atoms with van der Waals surface area (Å²) >= 11 is 5.86. The van der Waals surface area contributed by atoms with Gasteiger partial charge in [0.25, 0.3) is 0 Å². The first-order chi connectivity index (χ1) is 9.24. The van der Waals surface area contributed by atoms with E-state index in [1.54, 1.807) is 7.11 Å². The van der Waals surface area contributed by atoms with Crippen molar-refractivity contribution < 1.29 is 9.15 Å². The molecule has 1 heterocycles. The Morgan fingerprint density at radius 1 is 1.16 bits per heavy atom. The molecule has 0 saturated carbocycles. The summed E-state index contributed by atoms with van der Waals surface area (Å²) in [7, 11) is 1.63. The van der Waals surface area contributed by atoms with Crippen LogP contribution in [0.2, 0.25) is 5.02 Å². The minimum absolute atomic E-state index is 0.647. The molecular formula is C15H12ClNO2. The first-order valence-corrected chi connectivity index (χ1v) is 6.30. The second kappa shape index (κ2) is 4.94. The number of fused-ring (bicyclic) bond motifs is 1. The molecule has 3 rings (SSSR count). The largest absolute Gasteiger partial charge is 0.497 e. The monoisotopic (exact) mass is 273 g/mol. The van der Waals surface area contributed by atoms with E-state index in [9.17, 15) is 0 Å². The van der Waals surface area contributed by atoms with Crippen LogP contribution in [0.25, 0.3) is 11.1 Å². The Labute approximate surface area is 115 Å². The lowest BCUT2D eigenvalue weighted by molar-refractivity contribution is 0.415. The zero-order chi connectivity index (χ0) is 13.2. The van der Waals surface area contributed by atoms with Gasteiger partial charge in [0.05, 0.1) is 7.11 Å². The maximum atomic E-state index is 5.86. The zero-order valence-electron chi connectivity index (χ0n) is 10.4. The summed E-state index contributed by atoms with van der Waals surface area (Å²) in [4.78, 5) is 4.46. The molecule has 3 nitrogen and oxygen atoms in total. The van der Waals surface area contributed by atoms with E-state index in [0.29, 0.717) is 12.3 Å². The first kappa shape index (κ1) is 12.1. The lowest BCUT2D eigenvalue weighted by Gasteiger charge is -1.96. The van der Waals surface area contributed by atoms with Crippen molar-refractivity contribution >= 4 is 22.7 Å². The molecule has 96 valence electrons. The number of rotatable bonds is 3. The average molecular weight is 274 g/mol. The summed E-state index contributed by atoms with van der Waals surface area (Å²) in [6.07, 6.45) is 0.647. The number of benzene rings is 2. The summed E-state index contributed by atoms with van der Waals surface area (Å²) < 4.78 is 10.9. The van der Waals surface area contributed by atoms with Gasteiger partial charge >= 0.3 is 0 Å². The Bertz CT molecular complexity index is 704. The van der Waals surface area contributed by atoms with Gasteiger partial charge in [-0.05, 0) is 29.8 Å². The second-order valence-electron chi connectivity index (χ2n) is 4.24. The summed E-state index contributed by atoms with van der Waals surface area (Å²) in [5, 5.41) is 0.728. The third-order valence-corrected chi connectivity index (χ3v) is 3.16. The van der Waals surface area contributed by atoms with Gasteiger partial charge in [0, 0.05) is 17.5 Å². The molecule has 0 saturated heterocycles. The van der Waals surface area contributed by atoms with Crippen LogP contribution >= 0.6 is 11.6 Å². The lowest BCUT2D eigenvalue weighted by Crippen LogP contribution is -1.87. The first-order valence-electron chi connectivity index (χ1n) is 5.92. The molecule has 0 aliphatic carbocycles. The quantitative estimate of drug-likeness (QED) is 0.721. The molecule has 0 unspecified atom stereocenters. The van der Waals surface area contributed by atoms with Crippen molar-refractivity contribution in [3.05, 3.63) is 58.9 Å². The smallest absolute Gasteiger partial charge is 0.199 e. The van der Waals surface area contributed by atoms with Gasteiger partial charge in [-0.3, -0.25) is 0 Å². The maximum absolute atomic E-state index is 5.86. The number of hydrogen-bond acceptors (Lipinski definition) is 3. The number of nitrogens with zero attached hydrogens (tertiary/aromatic N) is 1. The Balaban J connectivity index is 1.90. The normalized spacial score (nSPS) is 10.8. The third kappa shape index (κ3) is 2.56. The van der Waals surface area contributed by atoms with Crippen molar-refractivity contribution in [3.63, 3.8) is 0 Å². The number of aromatic nitrogens is 1. The summed E-state index contributed by atoms with van der Waals surface area (Å²) in [5.74, 6) is 1.46. The highest BCUT2D eigenvalue weighted by atomic mass is 35.5. The van der Waals surface area contributed by atoms with Gasteiger partial charge in [0.1, 0.15) is 11.3 Å². The third-order valence-electron chi connectivity index (χ3n) is 2.91. The Morgan fingerprint density at radius 2 is 1.95 bits per heavy atom. The molecule has 0 aliphatic heterocycles. The van der Waals surface area contributed by atoms with Crippen LogP contribution in [0.3, 0.4) is 0 Å². The Hall–Kier alpha value is -2.00. The van der Waals surface area contributed by atoms with E-state index in [1.165, 1.54) is 0 Å². The fourth-order valence-corrected chi connectivity index (χ4v) is 2.06. The zero-order valence-corrected chi connectivity index (χ0v) is 11.1. The van der Waals surface area contributed by atoms with Crippen LogP contribution in [0.4, 0.5) is 0 Å². The SMILES string of the molecule is COc1ccc2oc(Cc3ccc(Cl)cc3)nc2c1. The van der Waals surface area contributed by atoms with E-state index >= 15 is 0 Å². The number of oxazole rings is 1. The van der Waals surface area contributed by atoms with Crippen molar-refractivity contribution in [2.45, 2.75) is 6.42 Å². The van der Waals surface area contributed by atoms with Gasteiger partial charge in [0.15, 0.2) is 11.5 Å². The van der Waals surface area contributed by atoms with Crippen molar-refractivity contribution in [2.75, 3.05) is 7.11 Å². The molecule has 1 aromatic heterocycles. The van der Waals surface area contributed by atoms with Crippen LogP contribution in [0.15, 0.2) is 46.9 Å². The van der Waals surface area contributed by atoms with Crippen molar-refractivity contribution in [2.24, 2.45) is 0 Å². The van der Waals surface area contributed by atoms with Gasteiger partial charge in [0.2, 0.25) is 0 Å². The summed E-state index contributed by atoms with van der Waals surface area (Å²) in [5.41, 5.74) is 2.69. The highest BCUT2D eigenvalue weighted by Gasteiger charge is 2.07.